The van der Waals surface area contributed by atoms with Crippen molar-refractivity contribution in [3.05, 3.63) is 0 Å². The summed E-state index contributed by atoms with van der Waals surface area (Å²) in [6.07, 6.45) is 4.13. The monoisotopic (exact) mass is 127 g/mol. The Labute approximate surface area is 55.6 Å². The smallest absolute Gasteiger partial charge is 0.220 e. The van der Waals surface area contributed by atoms with E-state index in [1.807, 2.05) is 0 Å². The number of hydrogen-bond donors (Lipinski definition) is 1. The van der Waals surface area contributed by atoms with Gasteiger partial charge in [0, 0.05) is 12.5 Å². The van der Waals surface area contributed by atoms with E-state index in [1.54, 1.807) is 0 Å². The predicted molar refractivity (Wildman–Crippen MR) is 36.1 cm³/mol. The van der Waals surface area contributed by atoms with Crippen molar-refractivity contribution in [1.29, 1.82) is 0 Å². The largest absolute Gasteiger partial charge is 0.354 e. The van der Waals surface area contributed by atoms with E-state index >= 15 is 0 Å². The molecule has 1 aliphatic rings. The standard InChI is InChI=1S/C7H13NO/c1-6-4-2-3-5-7(9)8-6/h6H,2-5H2,1H3,(H,8,9). The molecule has 0 spiro atoms. The zero-order chi connectivity index (χ0) is 6.69. The van der Waals surface area contributed by atoms with Crippen LogP contribution in [0.25, 0.3) is 0 Å². The molecule has 2 nitrogen and oxygen atoms in total. The molecule has 1 saturated heterocycles. The molecule has 0 saturated carbocycles. The number of rotatable bonds is 0. The van der Waals surface area contributed by atoms with E-state index < -0.39 is 0 Å². The summed E-state index contributed by atoms with van der Waals surface area (Å²) < 4.78 is 0. The van der Waals surface area contributed by atoms with E-state index in [0.29, 0.717) is 6.04 Å². The second kappa shape index (κ2) is 2.85. The van der Waals surface area contributed by atoms with Crippen LogP contribution in [0.2, 0.25) is 0 Å². The van der Waals surface area contributed by atoms with Crippen LogP contribution in [0.1, 0.15) is 32.6 Å². The van der Waals surface area contributed by atoms with Crippen LogP contribution in [0.5, 0.6) is 0 Å². The molecule has 0 aliphatic carbocycles. The van der Waals surface area contributed by atoms with Gasteiger partial charge in [0.1, 0.15) is 0 Å². The molecule has 1 heterocycles. The van der Waals surface area contributed by atoms with Crippen molar-refractivity contribution < 1.29 is 4.79 Å². The van der Waals surface area contributed by atoms with Gasteiger partial charge in [-0.2, -0.15) is 0 Å². The second-order valence-electron chi connectivity index (χ2n) is 2.71. The van der Waals surface area contributed by atoms with Gasteiger partial charge in [-0.3, -0.25) is 4.79 Å². The molecule has 9 heavy (non-hydrogen) atoms. The molecule has 52 valence electrons. The molecule has 1 rings (SSSR count). The minimum absolute atomic E-state index is 0.222. The number of carbonyl (C=O) groups excluding carboxylic acids is 1. The maximum atomic E-state index is 10.8. The first-order chi connectivity index (χ1) is 4.29. The van der Waals surface area contributed by atoms with Crippen LogP contribution in [0, 0.1) is 0 Å². The van der Waals surface area contributed by atoms with Crippen LogP contribution >= 0.6 is 0 Å². The normalized spacial score (nSPS) is 29.0. The topological polar surface area (TPSA) is 29.1 Å². The zero-order valence-corrected chi connectivity index (χ0v) is 5.81. The van der Waals surface area contributed by atoms with E-state index in [2.05, 4.69) is 12.2 Å². The van der Waals surface area contributed by atoms with Gasteiger partial charge in [-0.25, -0.2) is 0 Å². The Balaban J connectivity index is 2.37. The lowest BCUT2D eigenvalue weighted by Gasteiger charge is -2.06. The molecule has 0 radical (unpaired) electrons. The van der Waals surface area contributed by atoms with Gasteiger partial charge in [0.25, 0.3) is 0 Å². The third-order valence-electron chi connectivity index (χ3n) is 1.70. The Morgan fingerprint density at radius 1 is 1.56 bits per heavy atom. The van der Waals surface area contributed by atoms with Gasteiger partial charge in [-0.05, 0) is 19.8 Å². The van der Waals surface area contributed by atoms with Crippen molar-refractivity contribution in [3.63, 3.8) is 0 Å². The van der Waals surface area contributed by atoms with Gasteiger partial charge in [-0.15, -0.1) is 0 Å². The minimum Gasteiger partial charge on any atom is -0.354 e. The molecule has 0 bridgehead atoms. The molecule has 0 aromatic rings. The Kier molecular flexibility index (Phi) is 2.09. The highest BCUT2D eigenvalue weighted by molar-refractivity contribution is 5.76. The molecule has 1 fully saturated rings. The van der Waals surface area contributed by atoms with Crippen LogP contribution in [0.4, 0.5) is 0 Å². The van der Waals surface area contributed by atoms with Crippen LogP contribution < -0.4 is 5.32 Å². The van der Waals surface area contributed by atoms with Gasteiger partial charge in [0.05, 0.1) is 0 Å². The third kappa shape index (κ3) is 2.04. The van der Waals surface area contributed by atoms with E-state index in [4.69, 9.17) is 0 Å². The van der Waals surface area contributed by atoms with Gasteiger partial charge >= 0.3 is 0 Å². The third-order valence-corrected chi connectivity index (χ3v) is 1.70. The molecule has 0 aromatic heterocycles. The minimum atomic E-state index is 0.222. The van der Waals surface area contributed by atoms with Crippen molar-refractivity contribution in [2.24, 2.45) is 0 Å². The Bertz CT molecular complexity index is 111. The summed E-state index contributed by atoms with van der Waals surface area (Å²) >= 11 is 0. The molecular formula is C7H13NO. The lowest BCUT2D eigenvalue weighted by molar-refractivity contribution is -0.121. The Morgan fingerprint density at radius 3 is 3.11 bits per heavy atom. The molecule has 1 aliphatic heterocycles. The SMILES string of the molecule is CC1CCCCC(=O)N1. The summed E-state index contributed by atoms with van der Waals surface area (Å²) in [6.45, 7) is 2.06. The van der Waals surface area contributed by atoms with Crippen molar-refractivity contribution in [1.82, 2.24) is 5.32 Å². The highest BCUT2D eigenvalue weighted by atomic mass is 16.1. The molecule has 0 aromatic carbocycles. The van der Waals surface area contributed by atoms with Crippen molar-refractivity contribution in [2.75, 3.05) is 0 Å². The molecule has 1 unspecified atom stereocenters. The van der Waals surface area contributed by atoms with Crippen molar-refractivity contribution >= 4 is 5.91 Å². The van der Waals surface area contributed by atoms with E-state index in [0.717, 1.165) is 19.3 Å². The Morgan fingerprint density at radius 2 is 2.33 bits per heavy atom. The maximum Gasteiger partial charge on any atom is 0.220 e. The lowest BCUT2D eigenvalue weighted by atomic mass is 10.1. The van der Waals surface area contributed by atoms with Gasteiger partial charge in [0.15, 0.2) is 0 Å². The highest BCUT2D eigenvalue weighted by Crippen LogP contribution is 2.07. The lowest BCUT2D eigenvalue weighted by Crippen LogP contribution is -2.29. The van der Waals surface area contributed by atoms with Gasteiger partial charge in [-0.1, -0.05) is 6.42 Å². The highest BCUT2D eigenvalue weighted by Gasteiger charge is 2.10. The predicted octanol–water partition coefficient (Wildman–Crippen LogP) is 1.07. The summed E-state index contributed by atoms with van der Waals surface area (Å²) in [4.78, 5) is 10.8. The molecule has 1 N–H and O–H groups in total. The summed E-state index contributed by atoms with van der Waals surface area (Å²) in [6, 6.07) is 0.403. The van der Waals surface area contributed by atoms with Crippen molar-refractivity contribution in [3.8, 4) is 0 Å². The molecule has 1 atom stereocenters. The fourth-order valence-corrected chi connectivity index (χ4v) is 1.16. The van der Waals surface area contributed by atoms with Crippen LogP contribution in [0.3, 0.4) is 0 Å². The number of hydrogen-bond acceptors (Lipinski definition) is 1. The van der Waals surface area contributed by atoms with Gasteiger partial charge in [0.2, 0.25) is 5.91 Å². The van der Waals surface area contributed by atoms with Gasteiger partial charge < -0.3 is 5.32 Å². The van der Waals surface area contributed by atoms with Crippen LogP contribution in [-0.2, 0) is 4.79 Å². The van der Waals surface area contributed by atoms with E-state index in [9.17, 15) is 4.79 Å². The van der Waals surface area contributed by atoms with E-state index in [1.165, 1.54) is 6.42 Å². The van der Waals surface area contributed by atoms with Crippen LogP contribution in [0.15, 0.2) is 0 Å². The summed E-state index contributed by atoms with van der Waals surface area (Å²) in [5, 5.41) is 2.90. The Hall–Kier alpha value is -0.530. The van der Waals surface area contributed by atoms with Crippen molar-refractivity contribution in [2.45, 2.75) is 38.6 Å². The fourth-order valence-electron chi connectivity index (χ4n) is 1.16. The average molecular weight is 127 g/mol. The second-order valence-corrected chi connectivity index (χ2v) is 2.71. The number of amides is 1. The molecule has 2 heteroatoms. The maximum absolute atomic E-state index is 10.8. The van der Waals surface area contributed by atoms with Crippen LogP contribution in [-0.4, -0.2) is 11.9 Å². The molecular weight excluding hydrogens is 114 g/mol. The summed E-state index contributed by atoms with van der Waals surface area (Å²) in [7, 11) is 0. The quantitative estimate of drug-likeness (QED) is 0.518. The number of carbonyl (C=O) groups is 1. The first-order valence-corrected chi connectivity index (χ1v) is 3.58. The molecule has 1 amide bonds. The van der Waals surface area contributed by atoms with E-state index in [-0.39, 0.29) is 5.91 Å². The first-order valence-electron chi connectivity index (χ1n) is 3.58. The summed E-state index contributed by atoms with van der Waals surface area (Å²) in [5.41, 5.74) is 0. The number of nitrogens with one attached hydrogen (secondary N) is 1. The average Bonchev–Trinajstić information content (AvgIpc) is 1.93. The summed E-state index contributed by atoms with van der Waals surface area (Å²) in [5.74, 6) is 0.222. The fraction of sp³-hybridized carbons (Fsp3) is 0.857. The first kappa shape index (κ1) is 6.59. The zero-order valence-electron chi connectivity index (χ0n) is 5.81.